The molecule has 87 heavy (non-hydrogen) atoms. The molecule has 9 amide bonds. The maximum absolute atomic E-state index is 14.4. The van der Waals surface area contributed by atoms with Gasteiger partial charge in [0.25, 0.3) is 5.91 Å². The van der Waals surface area contributed by atoms with Crippen molar-refractivity contribution in [3.8, 4) is 0 Å². The first-order chi connectivity index (χ1) is 41.4. The molecule has 32 heteroatoms. The zero-order valence-corrected chi connectivity index (χ0v) is 49.9. The highest BCUT2D eigenvalue weighted by Crippen LogP contribution is 2.14. The van der Waals surface area contributed by atoms with Gasteiger partial charge in [-0.2, -0.15) is 0 Å². The fraction of sp³-hybridized carbons (Fsp3) is 0.636. The number of rotatable bonds is 28. The predicted molar refractivity (Wildman–Crippen MR) is 316 cm³/mol. The Balaban J connectivity index is 2.77. The number of nitrogens with two attached hydrogens (primary N) is 4. The highest BCUT2D eigenvalue weighted by atomic mass is 35.5. The number of aliphatic hydroxyl groups excluding tert-OH is 4. The minimum atomic E-state index is -2.81. The van der Waals surface area contributed by atoms with Crippen LogP contribution in [0.5, 0.6) is 0 Å². The Morgan fingerprint density at radius 1 is 0.690 bits per heavy atom. The van der Waals surface area contributed by atoms with Gasteiger partial charge in [0, 0.05) is 13.0 Å². The number of nitrogens with zero attached hydrogens (tertiary/aromatic N) is 1. The molecule has 0 saturated carbocycles. The summed E-state index contributed by atoms with van der Waals surface area (Å²) in [5, 5.41) is 73.3. The van der Waals surface area contributed by atoms with Crippen LogP contribution in [0.15, 0.2) is 47.1 Å². The largest absolute Gasteiger partial charge is 0.479 e. The molecule has 1 saturated heterocycles. The van der Waals surface area contributed by atoms with Crippen molar-refractivity contribution in [2.45, 2.75) is 183 Å². The molecule has 0 radical (unpaired) electrons. The van der Waals surface area contributed by atoms with E-state index in [1.165, 1.54) is 6.92 Å². The number of halogens is 1. The third-order valence-corrected chi connectivity index (χ3v) is 13.9. The van der Waals surface area contributed by atoms with Crippen LogP contribution < -0.4 is 70.8 Å². The Morgan fingerprint density at radius 2 is 1.22 bits per heavy atom. The van der Waals surface area contributed by atoms with Gasteiger partial charge in [-0.25, -0.2) is 9.59 Å². The van der Waals surface area contributed by atoms with Crippen molar-refractivity contribution >= 4 is 82.7 Å². The number of carboxylic acids is 1. The number of carbonyl (C=O) groups is 11. The summed E-state index contributed by atoms with van der Waals surface area (Å²) >= 11 is 5.89. The number of carbonyl (C=O) groups excluding carboxylic acids is 10. The first kappa shape index (κ1) is 75.5. The summed E-state index contributed by atoms with van der Waals surface area (Å²) in [4.78, 5) is 156. The van der Waals surface area contributed by atoms with Crippen molar-refractivity contribution < 1.29 is 83.0 Å². The molecule has 0 bridgehead atoms. The number of aliphatic hydroxyl groups is 4. The number of carboxylic acid groups (broad SMARTS) is 1. The lowest BCUT2D eigenvalue weighted by molar-refractivity contribution is -0.155. The fourth-order valence-corrected chi connectivity index (χ4v) is 8.91. The van der Waals surface area contributed by atoms with Crippen LogP contribution in [-0.4, -0.2) is 202 Å². The lowest BCUT2D eigenvalue weighted by Crippen LogP contribution is -2.62. The number of cyclic esters (lactones) is 1. The molecule has 1 fully saturated rings. The second kappa shape index (κ2) is 41.5. The normalized spacial score (nSPS) is 23.5. The Bertz CT molecular complexity index is 2480. The molecule has 22 N–H and O–H groups in total. The number of amides is 9. The number of guanidine groups is 1. The van der Waals surface area contributed by atoms with Gasteiger partial charge in [-0.3, -0.25) is 48.1 Å². The summed E-state index contributed by atoms with van der Waals surface area (Å²) in [5.41, 5.74) is 22.5. The van der Waals surface area contributed by atoms with Gasteiger partial charge >= 0.3 is 11.9 Å². The third-order valence-electron chi connectivity index (χ3n) is 13.6. The van der Waals surface area contributed by atoms with Gasteiger partial charge in [-0.1, -0.05) is 101 Å². The van der Waals surface area contributed by atoms with Gasteiger partial charge in [-0.15, -0.1) is 11.6 Å². The zero-order valence-electron chi connectivity index (χ0n) is 49.1. The average Bonchev–Trinajstić information content (AvgIpc) is 2.80. The van der Waals surface area contributed by atoms with Crippen LogP contribution >= 0.6 is 11.6 Å². The molecule has 1 aromatic carbocycles. The molecule has 0 spiro atoms. The van der Waals surface area contributed by atoms with Crippen LogP contribution in [0.2, 0.25) is 0 Å². The lowest BCUT2D eigenvalue weighted by Gasteiger charge is -2.28. The number of hydrogen-bond donors (Lipinski definition) is 18. The molecule has 1 aromatic rings. The van der Waals surface area contributed by atoms with E-state index in [1.807, 2.05) is 10.6 Å². The highest BCUT2D eigenvalue weighted by molar-refractivity contribution is 6.18. The number of esters is 1. The maximum atomic E-state index is 14.4. The smallest absolute Gasteiger partial charge is 0.335 e. The summed E-state index contributed by atoms with van der Waals surface area (Å²) in [7, 11) is 0. The van der Waals surface area contributed by atoms with E-state index in [0.29, 0.717) is 12.0 Å². The fourth-order valence-electron chi connectivity index (χ4n) is 8.73. The predicted octanol–water partition coefficient (Wildman–Crippen LogP) is -4.86. The van der Waals surface area contributed by atoms with Crippen molar-refractivity contribution in [3.63, 3.8) is 0 Å². The molecule has 0 aliphatic carbocycles. The number of allylic oxidation sites excluding steroid dienone is 1. The highest BCUT2D eigenvalue weighted by Gasteiger charge is 2.40. The topological polar surface area (TPSA) is 523 Å². The van der Waals surface area contributed by atoms with Crippen molar-refractivity contribution in [1.82, 2.24) is 47.9 Å². The number of ether oxygens (including phenoxy) is 1. The van der Waals surface area contributed by atoms with Crippen LogP contribution in [0.4, 0.5) is 0 Å². The Hall–Kier alpha value is -7.55. The van der Waals surface area contributed by atoms with E-state index < -0.39 is 163 Å². The van der Waals surface area contributed by atoms with E-state index in [1.54, 1.807) is 30.3 Å². The molecule has 11 atom stereocenters. The number of alkyl halides is 1. The minimum absolute atomic E-state index is 0.0369. The summed E-state index contributed by atoms with van der Waals surface area (Å²) in [6.45, 7) is 0.465. The first-order valence-corrected chi connectivity index (χ1v) is 29.5. The van der Waals surface area contributed by atoms with Gasteiger partial charge in [0.2, 0.25) is 47.3 Å². The van der Waals surface area contributed by atoms with Gasteiger partial charge in [0.15, 0.2) is 18.1 Å². The van der Waals surface area contributed by atoms with Crippen molar-refractivity contribution in [1.29, 1.82) is 0 Å². The quantitative estimate of drug-likeness (QED) is 0.00934. The number of aliphatic imine (C=N–C) groups is 1. The molecule has 0 unspecified atom stereocenters. The van der Waals surface area contributed by atoms with Crippen LogP contribution in [-0.2, 0) is 63.9 Å². The van der Waals surface area contributed by atoms with Crippen LogP contribution in [0.25, 0.3) is 0 Å². The van der Waals surface area contributed by atoms with Crippen molar-refractivity contribution in [2.24, 2.45) is 27.9 Å². The Labute approximate surface area is 509 Å². The number of nitrogens with one attached hydrogen (secondary N) is 9. The third kappa shape index (κ3) is 28.2. The second-order valence-electron chi connectivity index (χ2n) is 20.6. The molecular formula is C55H89ClN14O17. The van der Waals surface area contributed by atoms with E-state index >= 15 is 0 Å². The van der Waals surface area contributed by atoms with E-state index in [-0.39, 0.29) is 64.1 Å². The number of aliphatic carboxylic acids is 1. The standard InChI is InChI=1S/C55H89ClN14O17/c1-3-5-6-7-8-9-10-11-15-19-32(72)27-41(74)62-39-30-87-54(86)42(40(73)28-56)69-52(83)43(44(75)53(84)85)70-45(76)33(4-2)63-49(80)37(26-31-17-13-12-14-18-31)67-46(77)34(20-16-25-61-55(59)60)64-47(78)35(21-23-57)65-48(79)36(22-24-58)66-50(81)38(29-71)68-51(39)82/h4,12-14,17-18,32,34-40,42-44,71-73,75H,3,5-11,15-16,19-30,57-58H2,1-2H3,(H,62,74)(H,63,80)(H,64,78)(H,65,79)(H,66,81)(H,67,77)(H,68,82)(H,69,83)(H,70,76)(H,84,85)(H4,59,60,61)/b33-4-/t32-,34+,35-,36+,37+,38-,39+,40-,42+,43+,44+/m1/s1. The molecule has 0 aromatic heterocycles. The minimum Gasteiger partial charge on any atom is -0.479 e. The van der Waals surface area contributed by atoms with E-state index in [9.17, 15) is 78.3 Å². The maximum Gasteiger partial charge on any atom is 0.335 e. The zero-order chi connectivity index (χ0) is 65.0. The molecule has 488 valence electrons. The van der Waals surface area contributed by atoms with Crippen LogP contribution in [0.1, 0.15) is 116 Å². The first-order valence-electron chi connectivity index (χ1n) is 28.9. The molecular weight excluding hydrogens is 1160 g/mol. The van der Waals surface area contributed by atoms with E-state index in [4.69, 9.17) is 39.3 Å². The second-order valence-corrected chi connectivity index (χ2v) is 20.9. The molecule has 1 aliphatic heterocycles. The Kier molecular flexibility index (Phi) is 36.1. The van der Waals surface area contributed by atoms with Gasteiger partial charge in [0.1, 0.15) is 54.6 Å². The van der Waals surface area contributed by atoms with Crippen LogP contribution in [0, 0.1) is 0 Å². The van der Waals surface area contributed by atoms with Gasteiger partial charge in [-0.05, 0) is 57.7 Å². The lowest BCUT2D eigenvalue weighted by atomic mass is 10.0. The van der Waals surface area contributed by atoms with E-state index in [2.05, 4.69) is 49.1 Å². The molecule has 1 aliphatic rings. The number of hydrogen-bond acceptors (Lipinski definition) is 19. The molecule has 2 rings (SSSR count). The van der Waals surface area contributed by atoms with Crippen molar-refractivity contribution in [3.05, 3.63) is 47.7 Å². The molecule has 1 heterocycles. The SMILES string of the molecule is C/C=C1\NC(=O)[C@H](Cc2ccccc2)NC(=O)[C@H](CCCN=C(N)N)NC(=O)[C@@H](CCN)NC(=O)[C@H](CCN)NC(=O)[C@@H](CO)NC(=O)[C@@H](NC(=O)C[C@H](O)CCCCCCCCCCC)COC(=O)[C@H]([C@H](O)CCl)NC(=O)[C@H]([C@H](O)C(=O)O)NC1=O. The summed E-state index contributed by atoms with van der Waals surface area (Å²) in [5.74, 6) is -15.6. The summed E-state index contributed by atoms with van der Waals surface area (Å²) in [6, 6.07) is -6.93. The van der Waals surface area contributed by atoms with Gasteiger partial charge < -0.3 is 101 Å². The molecule has 31 nitrogen and oxygen atoms in total. The average molecular weight is 1250 g/mol. The number of benzene rings is 1. The van der Waals surface area contributed by atoms with E-state index in [0.717, 1.165) is 57.4 Å². The monoisotopic (exact) mass is 1250 g/mol. The van der Waals surface area contributed by atoms with Gasteiger partial charge in [0.05, 0.1) is 31.1 Å². The Morgan fingerprint density at radius 3 is 1.74 bits per heavy atom. The van der Waals surface area contributed by atoms with Crippen LogP contribution in [0.3, 0.4) is 0 Å². The summed E-state index contributed by atoms with van der Waals surface area (Å²) < 4.78 is 5.29. The number of unbranched alkanes of at least 4 members (excludes halogenated alkanes) is 8. The van der Waals surface area contributed by atoms with Crippen molar-refractivity contribution in [2.75, 3.05) is 38.7 Å². The summed E-state index contributed by atoms with van der Waals surface area (Å²) in [6.07, 6.45) is 2.27.